The first kappa shape index (κ1) is 20.2. The minimum atomic E-state index is -3.21. The van der Waals surface area contributed by atoms with Gasteiger partial charge in [0.2, 0.25) is 5.91 Å². The summed E-state index contributed by atoms with van der Waals surface area (Å²) in [4.78, 5) is 12.6. The molecule has 0 heterocycles. The molecule has 1 atom stereocenters. The molecule has 1 N–H and O–H groups in total. The van der Waals surface area contributed by atoms with E-state index >= 15 is 0 Å². The average molecular weight is 374 g/mol. The Hall–Kier alpha value is -2.14. The van der Waals surface area contributed by atoms with Crippen molar-refractivity contribution >= 4 is 15.7 Å². The van der Waals surface area contributed by atoms with Crippen molar-refractivity contribution in [3.63, 3.8) is 0 Å². The minimum absolute atomic E-state index is 0.00210. The summed E-state index contributed by atoms with van der Waals surface area (Å²) in [7, 11) is -3.21. The molecule has 1 amide bonds. The molecule has 0 saturated heterocycles. The molecular weight excluding hydrogens is 346 g/mol. The third kappa shape index (κ3) is 5.43. The third-order valence-electron chi connectivity index (χ3n) is 4.67. The normalized spacial score (nSPS) is 12.6. The molecule has 4 nitrogen and oxygen atoms in total. The molecule has 0 bridgehead atoms. The van der Waals surface area contributed by atoms with Gasteiger partial charge in [-0.25, -0.2) is 8.42 Å². The predicted molar refractivity (Wildman–Crippen MR) is 105 cm³/mol. The number of carbonyl (C=O) groups excluding carboxylic acids is 1. The van der Waals surface area contributed by atoms with Crippen molar-refractivity contribution < 1.29 is 13.2 Å². The van der Waals surface area contributed by atoms with Crippen molar-refractivity contribution in [2.75, 3.05) is 6.26 Å². The number of sulfone groups is 1. The van der Waals surface area contributed by atoms with E-state index in [0.29, 0.717) is 12.8 Å². The number of benzene rings is 2. The third-order valence-corrected chi connectivity index (χ3v) is 5.79. The molecule has 0 spiro atoms. The molecule has 0 aliphatic heterocycles. The monoisotopic (exact) mass is 373 g/mol. The van der Waals surface area contributed by atoms with Crippen molar-refractivity contribution in [3.05, 3.63) is 64.7 Å². The predicted octanol–water partition coefficient (Wildman–Crippen LogP) is 3.91. The van der Waals surface area contributed by atoms with Gasteiger partial charge in [0.05, 0.1) is 10.9 Å². The summed E-state index contributed by atoms with van der Waals surface area (Å²) in [5.74, 6) is 0.00210. The number of aryl methyl sites for hydroxylation is 3. The van der Waals surface area contributed by atoms with Gasteiger partial charge in [0.15, 0.2) is 9.84 Å². The van der Waals surface area contributed by atoms with Gasteiger partial charge in [-0.3, -0.25) is 4.79 Å². The smallest absolute Gasteiger partial charge is 0.220 e. The van der Waals surface area contributed by atoms with Crippen LogP contribution < -0.4 is 5.32 Å². The molecule has 2 aromatic rings. The molecule has 2 rings (SSSR count). The van der Waals surface area contributed by atoms with E-state index in [-0.39, 0.29) is 16.8 Å². The second-order valence-electron chi connectivity index (χ2n) is 6.79. The Morgan fingerprint density at radius 1 is 1.04 bits per heavy atom. The first-order valence-corrected chi connectivity index (χ1v) is 10.8. The van der Waals surface area contributed by atoms with Gasteiger partial charge in [-0.05, 0) is 61.1 Å². The van der Waals surface area contributed by atoms with Crippen molar-refractivity contribution in [2.45, 2.75) is 51.0 Å². The zero-order valence-corrected chi connectivity index (χ0v) is 16.7. The highest BCUT2D eigenvalue weighted by molar-refractivity contribution is 7.90. The highest BCUT2D eigenvalue weighted by Crippen LogP contribution is 2.19. The topological polar surface area (TPSA) is 63.2 Å². The fourth-order valence-corrected chi connectivity index (χ4v) is 3.48. The van der Waals surface area contributed by atoms with Crippen molar-refractivity contribution in [1.29, 1.82) is 0 Å². The van der Waals surface area contributed by atoms with Crippen LogP contribution in [0.4, 0.5) is 0 Å². The van der Waals surface area contributed by atoms with Crippen molar-refractivity contribution in [1.82, 2.24) is 5.32 Å². The minimum Gasteiger partial charge on any atom is -0.349 e. The second-order valence-corrected chi connectivity index (χ2v) is 8.80. The number of hydrogen-bond donors (Lipinski definition) is 1. The van der Waals surface area contributed by atoms with Crippen molar-refractivity contribution in [2.24, 2.45) is 0 Å². The van der Waals surface area contributed by atoms with Gasteiger partial charge in [0.1, 0.15) is 0 Å². The number of rotatable bonds is 7. The second kappa shape index (κ2) is 8.49. The van der Waals surface area contributed by atoms with Crippen LogP contribution >= 0.6 is 0 Å². The van der Waals surface area contributed by atoms with Crippen LogP contribution in [0.5, 0.6) is 0 Å². The summed E-state index contributed by atoms with van der Waals surface area (Å²) < 4.78 is 23.1. The van der Waals surface area contributed by atoms with Crippen LogP contribution in [-0.4, -0.2) is 20.6 Å². The Morgan fingerprint density at radius 2 is 1.69 bits per heavy atom. The van der Waals surface area contributed by atoms with Gasteiger partial charge in [-0.1, -0.05) is 37.3 Å². The first-order chi connectivity index (χ1) is 12.2. The maximum absolute atomic E-state index is 12.3. The van der Waals surface area contributed by atoms with E-state index in [1.54, 1.807) is 24.3 Å². The Morgan fingerprint density at radius 3 is 2.23 bits per heavy atom. The standard InChI is InChI=1S/C21H27NO3S/c1-5-20(18-9-11-19(12-10-18)26(4,24)25)22-21(23)13-8-17-7-6-15(2)16(3)14-17/h6-7,9-12,14,20H,5,8,13H2,1-4H3,(H,22,23)/t20-/m0/s1. The first-order valence-electron chi connectivity index (χ1n) is 8.86. The molecule has 0 fully saturated rings. The zero-order valence-electron chi connectivity index (χ0n) is 15.9. The van der Waals surface area contributed by atoms with Gasteiger partial charge < -0.3 is 5.32 Å². The van der Waals surface area contributed by atoms with Gasteiger partial charge in [-0.2, -0.15) is 0 Å². The Kier molecular flexibility index (Phi) is 6.59. The van der Waals surface area contributed by atoms with Crippen LogP contribution in [0.25, 0.3) is 0 Å². The van der Waals surface area contributed by atoms with Gasteiger partial charge >= 0.3 is 0 Å². The van der Waals surface area contributed by atoms with E-state index in [2.05, 4.69) is 37.4 Å². The lowest BCUT2D eigenvalue weighted by molar-refractivity contribution is -0.121. The van der Waals surface area contributed by atoms with Crippen LogP contribution in [0.2, 0.25) is 0 Å². The number of carbonyl (C=O) groups is 1. The van der Waals surface area contributed by atoms with E-state index in [9.17, 15) is 13.2 Å². The van der Waals surface area contributed by atoms with E-state index in [1.165, 1.54) is 17.4 Å². The highest BCUT2D eigenvalue weighted by Gasteiger charge is 2.14. The molecule has 0 unspecified atom stereocenters. The largest absolute Gasteiger partial charge is 0.349 e. The lowest BCUT2D eigenvalue weighted by Crippen LogP contribution is -2.28. The maximum atomic E-state index is 12.3. The fourth-order valence-electron chi connectivity index (χ4n) is 2.85. The molecule has 0 aliphatic carbocycles. The molecule has 2 aromatic carbocycles. The maximum Gasteiger partial charge on any atom is 0.220 e. The number of amides is 1. The summed E-state index contributed by atoms with van der Waals surface area (Å²) in [5, 5.41) is 3.05. The summed E-state index contributed by atoms with van der Waals surface area (Å²) >= 11 is 0. The summed E-state index contributed by atoms with van der Waals surface area (Å²) in [6.07, 6.45) is 3.07. The highest BCUT2D eigenvalue weighted by atomic mass is 32.2. The van der Waals surface area contributed by atoms with Crippen LogP contribution in [0, 0.1) is 13.8 Å². The lowest BCUT2D eigenvalue weighted by Gasteiger charge is -2.18. The molecule has 0 saturated carbocycles. The molecule has 0 radical (unpaired) electrons. The Balaban J connectivity index is 1.98. The van der Waals surface area contributed by atoms with Gasteiger partial charge in [-0.15, -0.1) is 0 Å². The van der Waals surface area contributed by atoms with E-state index in [4.69, 9.17) is 0 Å². The van der Waals surface area contributed by atoms with Crippen LogP contribution in [0.15, 0.2) is 47.4 Å². The molecule has 0 aliphatic rings. The number of hydrogen-bond acceptors (Lipinski definition) is 3. The quantitative estimate of drug-likeness (QED) is 0.800. The summed E-state index contributed by atoms with van der Waals surface area (Å²) in [5.41, 5.74) is 4.57. The molecule has 26 heavy (non-hydrogen) atoms. The molecule has 5 heteroatoms. The summed E-state index contributed by atoms with van der Waals surface area (Å²) in [6, 6.07) is 12.9. The average Bonchev–Trinajstić information content (AvgIpc) is 2.60. The van der Waals surface area contributed by atoms with E-state index < -0.39 is 9.84 Å². The van der Waals surface area contributed by atoms with E-state index in [0.717, 1.165) is 17.5 Å². The van der Waals surface area contributed by atoms with Gasteiger partial charge in [0, 0.05) is 12.7 Å². The lowest BCUT2D eigenvalue weighted by atomic mass is 10.0. The Bertz CT molecular complexity index is 871. The Labute approximate surface area is 156 Å². The van der Waals surface area contributed by atoms with Crippen LogP contribution in [0.3, 0.4) is 0 Å². The fraction of sp³-hybridized carbons (Fsp3) is 0.381. The SMILES string of the molecule is CC[C@H](NC(=O)CCc1ccc(C)c(C)c1)c1ccc(S(C)(=O)=O)cc1. The number of nitrogens with one attached hydrogen (secondary N) is 1. The molecule has 0 aromatic heterocycles. The van der Waals surface area contributed by atoms with E-state index in [1.807, 2.05) is 6.92 Å². The van der Waals surface area contributed by atoms with Crippen LogP contribution in [-0.2, 0) is 21.1 Å². The zero-order chi connectivity index (χ0) is 19.3. The van der Waals surface area contributed by atoms with Crippen LogP contribution in [0.1, 0.15) is 48.1 Å². The molecular formula is C21H27NO3S. The molecule has 140 valence electrons. The van der Waals surface area contributed by atoms with Gasteiger partial charge in [0.25, 0.3) is 0 Å². The summed E-state index contributed by atoms with van der Waals surface area (Å²) in [6.45, 7) is 6.15. The van der Waals surface area contributed by atoms with Crippen molar-refractivity contribution in [3.8, 4) is 0 Å².